The summed E-state index contributed by atoms with van der Waals surface area (Å²) in [7, 11) is 1.30. The summed E-state index contributed by atoms with van der Waals surface area (Å²) < 4.78 is 9.41. The minimum Gasteiger partial charge on any atom is -0.468 e. The van der Waals surface area contributed by atoms with Gasteiger partial charge in [-0.2, -0.15) is 0 Å². The fourth-order valence-electron chi connectivity index (χ4n) is 1.35. The number of benzene rings is 1. The van der Waals surface area contributed by atoms with Crippen LogP contribution >= 0.6 is 0 Å². The number of isocyanates is 1. The zero-order valence-corrected chi connectivity index (χ0v) is 11.2. The summed E-state index contributed by atoms with van der Waals surface area (Å²) in [4.78, 5) is 30.2. The van der Waals surface area contributed by atoms with Gasteiger partial charge in [-0.3, -0.25) is 9.59 Å². The molecule has 0 aliphatic rings. The van der Waals surface area contributed by atoms with Crippen molar-refractivity contribution in [2.45, 2.75) is 19.4 Å². The second kappa shape index (κ2) is 9.43. The lowest BCUT2D eigenvalue weighted by atomic mass is 10.1. The lowest BCUT2D eigenvalue weighted by Gasteiger charge is -2.09. The molecule has 0 aliphatic heterocycles. The second-order valence-corrected chi connectivity index (χ2v) is 3.67. The van der Waals surface area contributed by atoms with Crippen LogP contribution in [0.5, 0.6) is 5.75 Å². The first-order chi connectivity index (χ1) is 9.44. The number of carbonyl (C=O) groups excluding carboxylic acids is 3. The van der Waals surface area contributed by atoms with Crippen LogP contribution in [0.2, 0.25) is 0 Å². The monoisotopic (exact) mass is 280 g/mol. The van der Waals surface area contributed by atoms with Crippen LogP contribution in [0.4, 0.5) is 0 Å². The fraction of sp³-hybridized carbons (Fsp3) is 0.308. The summed E-state index contributed by atoms with van der Waals surface area (Å²) >= 11 is 0. The lowest BCUT2D eigenvalue weighted by molar-refractivity contribution is -0.142. The third-order valence-corrected chi connectivity index (χ3v) is 2.14. The van der Waals surface area contributed by atoms with E-state index in [1.165, 1.54) is 14.0 Å². The van der Waals surface area contributed by atoms with E-state index in [2.05, 4.69) is 4.74 Å². The van der Waals surface area contributed by atoms with Gasteiger partial charge in [-0.1, -0.05) is 12.1 Å². The Morgan fingerprint density at radius 2 is 1.85 bits per heavy atom. The fourth-order valence-corrected chi connectivity index (χ4v) is 1.35. The molecule has 0 unspecified atom stereocenters. The van der Waals surface area contributed by atoms with Crippen LogP contribution in [0, 0.1) is 5.41 Å². The third-order valence-electron chi connectivity index (χ3n) is 2.14. The van der Waals surface area contributed by atoms with Gasteiger partial charge in [0.25, 0.3) is 0 Å². The molecule has 1 aromatic carbocycles. The zero-order valence-electron chi connectivity index (χ0n) is 11.2. The molecule has 7 nitrogen and oxygen atoms in total. The maximum absolute atomic E-state index is 11.1. The Bertz CT molecular complexity index is 478. The van der Waals surface area contributed by atoms with Crippen LogP contribution in [-0.2, 0) is 25.5 Å². The summed E-state index contributed by atoms with van der Waals surface area (Å²) in [5, 5.41) is 5.40. The lowest BCUT2D eigenvalue weighted by Crippen LogP contribution is -2.33. The van der Waals surface area contributed by atoms with Gasteiger partial charge in [-0.15, -0.1) is 0 Å². The third kappa shape index (κ3) is 7.05. The standard InChI is InChI=1S/C12H15NO4.CHNO/c1-8(14)17-10-5-3-9(4-6-10)7-11(13)12(15)16-2;2-1-3/h3-6,11H,7,13H2,1-2H3;2H/t11-;/m0./s1. The summed E-state index contributed by atoms with van der Waals surface area (Å²) in [6.07, 6.45) is 1.13. The van der Waals surface area contributed by atoms with Gasteiger partial charge >= 0.3 is 11.9 Å². The van der Waals surface area contributed by atoms with Crippen molar-refractivity contribution in [2.75, 3.05) is 7.11 Å². The molecule has 1 atom stereocenters. The van der Waals surface area contributed by atoms with Gasteiger partial charge in [0.15, 0.2) is 0 Å². The van der Waals surface area contributed by atoms with Crippen molar-refractivity contribution < 1.29 is 23.9 Å². The highest BCUT2D eigenvalue weighted by Crippen LogP contribution is 2.13. The molecule has 0 bridgehead atoms. The van der Waals surface area contributed by atoms with Gasteiger partial charge in [0, 0.05) is 6.92 Å². The Labute approximate surface area is 116 Å². The van der Waals surface area contributed by atoms with E-state index >= 15 is 0 Å². The Hall–Kier alpha value is -2.50. The van der Waals surface area contributed by atoms with Crippen molar-refractivity contribution in [2.24, 2.45) is 5.73 Å². The van der Waals surface area contributed by atoms with Crippen LogP contribution in [0.3, 0.4) is 0 Å². The molecule has 0 radical (unpaired) electrons. The number of ether oxygens (including phenoxy) is 2. The molecule has 1 rings (SSSR count). The van der Waals surface area contributed by atoms with E-state index in [1.807, 2.05) is 0 Å². The minimum atomic E-state index is -0.681. The van der Waals surface area contributed by atoms with Crippen LogP contribution in [0.15, 0.2) is 24.3 Å². The van der Waals surface area contributed by atoms with Crippen molar-refractivity contribution in [1.29, 1.82) is 5.41 Å². The van der Waals surface area contributed by atoms with Crippen LogP contribution in [0.1, 0.15) is 12.5 Å². The Kier molecular flexibility index (Phi) is 8.25. The first kappa shape index (κ1) is 17.5. The van der Waals surface area contributed by atoms with Crippen molar-refractivity contribution in [1.82, 2.24) is 0 Å². The summed E-state index contributed by atoms with van der Waals surface area (Å²) in [5.41, 5.74) is 6.49. The highest BCUT2D eigenvalue weighted by atomic mass is 16.5. The van der Waals surface area contributed by atoms with E-state index in [-0.39, 0.29) is 5.97 Å². The molecule has 0 amide bonds. The molecule has 0 aromatic heterocycles. The SMILES string of the molecule is COC(=O)[C@@H](N)Cc1ccc(OC(C)=O)cc1.N=C=O. The first-order valence-corrected chi connectivity index (χ1v) is 5.59. The maximum atomic E-state index is 11.1. The van der Waals surface area contributed by atoms with Gasteiger partial charge < -0.3 is 15.2 Å². The van der Waals surface area contributed by atoms with Crippen molar-refractivity contribution in [3.05, 3.63) is 29.8 Å². The average Bonchev–Trinajstić information content (AvgIpc) is 2.40. The molecule has 0 spiro atoms. The van der Waals surface area contributed by atoms with Crippen LogP contribution < -0.4 is 10.5 Å². The average molecular weight is 280 g/mol. The van der Waals surface area contributed by atoms with Crippen molar-refractivity contribution >= 4 is 18.0 Å². The molecule has 1 aromatic rings. The molecule has 0 fully saturated rings. The number of nitrogens with two attached hydrogens (primary N) is 1. The highest BCUT2D eigenvalue weighted by molar-refractivity contribution is 5.75. The molecule has 3 N–H and O–H groups in total. The van der Waals surface area contributed by atoms with E-state index in [0.717, 1.165) is 11.6 Å². The first-order valence-electron chi connectivity index (χ1n) is 5.59. The van der Waals surface area contributed by atoms with Crippen molar-refractivity contribution in [3.63, 3.8) is 0 Å². The van der Waals surface area contributed by atoms with E-state index in [1.54, 1.807) is 24.3 Å². The maximum Gasteiger partial charge on any atom is 0.322 e. The minimum absolute atomic E-state index is 0.371. The zero-order chi connectivity index (χ0) is 15.5. The van der Waals surface area contributed by atoms with Crippen LogP contribution in [-0.4, -0.2) is 31.2 Å². The molecule has 0 saturated heterocycles. The second-order valence-electron chi connectivity index (χ2n) is 3.67. The van der Waals surface area contributed by atoms with Gasteiger partial charge in [0.2, 0.25) is 6.08 Å². The normalized spacial score (nSPS) is 10.3. The number of hydrogen-bond acceptors (Lipinski definition) is 7. The van der Waals surface area contributed by atoms with Gasteiger partial charge in [0.05, 0.1) is 7.11 Å². The number of nitrogens with one attached hydrogen (secondary N) is 1. The quantitative estimate of drug-likeness (QED) is 0.360. The Morgan fingerprint density at radius 3 is 2.25 bits per heavy atom. The summed E-state index contributed by atoms with van der Waals surface area (Å²) in [6.45, 7) is 1.33. The number of carbonyl (C=O) groups is 2. The summed E-state index contributed by atoms with van der Waals surface area (Å²) in [5.74, 6) is -0.356. The van der Waals surface area contributed by atoms with Crippen molar-refractivity contribution in [3.8, 4) is 5.75 Å². The number of hydrogen-bond donors (Lipinski definition) is 2. The van der Waals surface area contributed by atoms with E-state index in [9.17, 15) is 9.59 Å². The highest BCUT2D eigenvalue weighted by Gasteiger charge is 2.14. The Balaban J connectivity index is 0.00000110. The molecule has 0 saturated carbocycles. The topological polar surface area (TPSA) is 120 Å². The summed E-state index contributed by atoms with van der Waals surface area (Å²) in [6, 6.07) is 6.13. The molecular weight excluding hydrogens is 264 g/mol. The molecular formula is C13H16N2O5. The van der Waals surface area contributed by atoms with E-state index < -0.39 is 12.0 Å². The Morgan fingerprint density at radius 1 is 1.35 bits per heavy atom. The van der Waals surface area contributed by atoms with Gasteiger partial charge in [-0.25, -0.2) is 10.2 Å². The number of esters is 2. The largest absolute Gasteiger partial charge is 0.468 e. The molecule has 7 heteroatoms. The smallest absolute Gasteiger partial charge is 0.322 e. The number of methoxy groups -OCH3 is 1. The number of rotatable bonds is 4. The van der Waals surface area contributed by atoms with E-state index in [0.29, 0.717) is 12.2 Å². The molecule has 108 valence electrons. The van der Waals surface area contributed by atoms with Gasteiger partial charge in [-0.05, 0) is 24.1 Å². The van der Waals surface area contributed by atoms with E-state index in [4.69, 9.17) is 20.7 Å². The molecule has 20 heavy (non-hydrogen) atoms. The predicted molar refractivity (Wildman–Crippen MR) is 69.9 cm³/mol. The van der Waals surface area contributed by atoms with Gasteiger partial charge in [0.1, 0.15) is 11.8 Å². The molecule has 0 aliphatic carbocycles. The van der Waals surface area contributed by atoms with Crippen LogP contribution in [0.25, 0.3) is 0 Å². The predicted octanol–water partition coefficient (Wildman–Crippen LogP) is 0.556. The molecule has 0 heterocycles.